The predicted octanol–water partition coefficient (Wildman–Crippen LogP) is 5.65. The number of nitrogens with zero attached hydrogens (tertiary/aromatic N) is 3. The van der Waals surface area contributed by atoms with E-state index in [-0.39, 0.29) is 22.1 Å². The van der Waals surface area contributed by atoms with Crippen LogP contribution in [0.15, 0.2) is 71.6 Å². The van der Waals surface area contributed by atoms with E-state index >= 15 is 4.39 Å². The minimum atomic E-state index is -4.36. The second-order valence-electron chi connectivity index (χ2n) is 10.2. The van der Waals surface area contributed by atoms with Crippen molar-refractivity contribution in [2.75, 3.05) is 51.2 Å². The Kier molecular flexibility index (Phi) is 9.14. The first kappa shape index (κ1) is 29.9. The molecule has 0 bridgehead atoms. The van der Waals surface area contributed by atoms with Gasteiger partial charge in [0.15, 0.2) is 0 Å². The number of halogens is 3. The van der Waals surface area contributed by atoms with Gasteiger partial charge in [-0.15, -0.1) is 0 Å². The maximum absolute atomic E-state index is 15.1. The highest BCUT2D eigenvalue weighted by Gasteiger charge is 2.37. The highest BCUT2D eigenvalue weighted by Crippen LogP contribution is 2.37. The molecule has 1 aliphatic rings. The number of carbonyl (C=O) groups is 1. The molecule has 1 heterocycles. The zero-order chi connectivity index (χ0) is 29.1. The quantitative estimate of drug-likeness (QED) is 0.317. The van der Waals surface area contributed by atoms with Crippen molar-refractivity contribution in [2.45, 2.75) is 24.3 Å². The van der Waals surface area contributed by atoms with E-state index in [1.807, 2.05) is 14.1 Å². The highest BCUT2D eigenvalue weighted by atomic mass is 35.5. The molecule has 0 aliphatic carbocycles. The lowest BCUT2D eigenvalue weighted by Crippen LogP contribution is -2.59. The van der Waals surface area contributed by atoms with E-state index in [4.69, 9.17) is 16.3 Å². The molecule has 0 aromatic heterocycles. The Hall–Kier alpha value is -3.05. The first-order valence-electron chi connectivity index (χ1n) is 13.0. The number of quaternary nitrogens is 1. The average Bonchev–Trinajstić information content (AvgIpc) is 2.92. The van der Waals surface area contributed by atoms with E-state index in [1.165, 1.54) is 24.3 Å². The summed E-state index contributed by atoms with van der Waals surface area (Å²) in [5.74, 6) is -1.66. The Bertz CT molecular complexity index is 1460. The molecular formula is C29H33ClF2N3O4S+. The van der Waals surface area contributed by atoms with Gasteiger partial charge in [0, 0.05) is 30.6 Å². The minimum absolute atomic E-state index is 0.0878. The molecule has 7 nitrogen and oxygen atoms in total. The van der Waals surface area contributed by atoms with Crippen LogP contribution in [-0.4, -0.2) is 70.8 Å². The molecule has 1 fully saturated rings. The van der Waals surface area contributed by atoms with Gasteiger partial charge in [-0.1, -0.05) is 35.9 Å². The SMILES string of the molecule is CC(c1ccccc1CCOC(=O)[N+]1(C)CCN(C)CC1)N(c1cc(F)ccc1F)S(=O)(=O)c1ccc(Cl)cc1. The number of carbonyl (C=O) groups excluding carboxylic acids is 1. The molecule has 0 N–H and O–H groups in total. The molecule has 1 amide bonds. The predicted molar refractivity (Wildman–Crippen MR) is 151 cm³/mol. The summed E-state index contributed by atoms with van der Waals surface area (Å²) in [6.45, 7) is 4.59. The van der Waals surface area contributed by atoms with Crippen LogP contribution in [-0.2, 0) is 21.2 Å². The third-order valence-corrected chi connectivity index (χ3v) is 9.51. The first-order valence-corrected chi connectivity index (χ1v) is 14.8. The average molecular weight is 593 g/mol. The summed E-state index contributed by atoms with van der Waals surface area (Å²) < 4.78 is 63.9. The molecule has 3 aromatic rings. The summed E-state index contributed by atoms with van der Waals surface area (Å²) in [7, 11) is -0.487. The van der Waals surface area contributed by atoms with Gasteiger partial charge in [-0.3, -0.25) is 9.21 Å². The largest absolute Gasteiger partial charge is 0.515 e. The van der Waals surface area contributed by atoms with Crippen LogP contribution in [0.1, 0.15) is 24.1 Å². The number of hydrogen-bond donors (Lipinski definition) is 0. The van der Waals surface area contributed by atoms with Gasteiger partial charge >= 0.3 is 6.09 Å². The fraction of sp³-hybridized carbons (Fsp3) is 0.345. The third kappa shape index (κ3) is 6.46. The molecule has 1 atom stereocenters. The van der Waals surface area contributed by atoms with Crippen LogP contribution >= 0.6 is 11.6 Å². The van der Waals surface area contributed by atoms with E-state index in [1.54, 1.807) is 31.2 Å². The smallest absolute Gasteiger partial charge is 0.420 e. The molecule has 1 unspecified atom stereocenters. The number of sulfonamides is 1. The van der Waals surface area contributed by atoms with Crippen molar-refractivity contribution < 1.29 is 31.2 Å². The lowest BCUT2D eigenvalue weighted by atomic mass is 9.99. The maximum atomic E-state index is 15.1. The summed E-state index contributed by atoms with van der Waals surface area (Å²) in [4.78, 5) is 14.9. The lowest BCUT2D eigenvalue weighted by molar-refractivity contribution is -0.842. The van der Waals surface area contributed by atoms with Crippen LogP contribution in [0.4, 0.5) is 19.3 Å². The van der Waals surface area contributed by atoms with Crippen molar-refractivity contribution >= 4 is 33.4 Å². The van der Waals surface area contributed by atoms with Crippen molar-refractivity contribution in [3.05, 3.63) is 94.5 Å². The number of amides is 1. The molecule has 1 saturated heterocycles. The standard InChI is InChI=1S/C29H33ClF2N3O4S/c1-21(26-7-5-4-6-22(26)14-19-39-29(36)35(3)17-15-33(2)16-18-35)34(28-20-24(31)10-13-27(28)32)40(37,38)25-11-8-23(30)9-12-25/h4-13,20-21H,14-19H2,1-3H3/q+1. The van der Waals surface area contributed by atoms with E-state index in [2.05, 4.69) is 4.90 Å². The fourth-order valence-corrected chi connectivity index (χ4v) is 6.57. The molecule has 0 spiro atoms. The first-order chi connectivity index (χ1) is 18.9. The van der Waals surface area contributed by atoms with Crippen LogP contribution in [0.2, 0.25) is 5.02 Å². The Balaban J connectivity index is 1.64. The van der Waals surface area contributed by atoms with Crippen molar-refractivity contribution in [1.82, 2.24) is 4.90 Å². The molecule has 11 heteroatoms. The van der Waals surface area contributed by atoms with Crippen LogP contribution < -0.4 is 4.31 Å². The summed E-state index contributed by atoms with van der Waals surface area (Å²) >= 11 is 5.96. The Labute approximate surface area is 239 Å². The van der Waals surface area contributed by atoms with E-state index in [0.717, 1.165) is 41.2 Å². The Morgan fingerprint density at radius 3 is 2.40 bits per heavy atom. The number of anilines is 1. The molecule has 0 radical (unpaired) electrons. The third-order valence-electron chi connectivity index (χ3n) is 7.36. The van der Waals surface area contributed by atoms with Gasteiger partial charge in [-0.25, -0.2) is 21.7 Å². The fourth-order valence-electron chi connectivity index (χ4n) is 4.81. The van der Waals surface area contributed by atoms with Gasteiger partial charge in [-0.05, 0) is 61.5 Å². The molecule has 1 aliphatic heterocycles. The van der Waals surface area contributed by atoms with E-state index < -0.39 is 33.4 Å². The zero-order valence-electron chi connectivity index (χ0n) is 22.7. The second-order valence-corrected chi connectivity index (χ2v) is 12.5. The minimum Gasteiger partial charge on any atom is -0.420 e. The van der Waals surface area contributed by atoms with Crippen LogP contribution in [0.5, 0.6) is 0 Å². The zero-order valence-corrected chi connectivity index (χ0v) is 24.3. The van der Waals surface area contributed by atoms with Gasteiger partial charge in [0.25, 0.3) is 10.0 Å². The molecule has 0 saturated carbocycles. The van der Waals surface area contributed by atoms with Crippen LogP contribution in [0.3, 0.4) is 0 Å². The second kappa shape index (κ2) is 12.2. The van der Waals surface area contributed by atoms with Gasteiger partial charge in [0.05, 0.1) is 23.7 Å². The van der Waals surface area contributed by atoms with Gasteiger partial charge < -0.3 is 4.74 Å². The summed E-state index contributed by atoms with van der Waals surface area (Å²) in [5.41, 5.74) is 0.868. The topological polar surface area (TPSA) is 66.9 Å². The number of piperazine rings is 1. The maximum Gasteiger partial charge on any atom is 0.515 e. The number of benzene rings is 3. The Morgan fingerprint density at radius 1 is 1.07 bits per heavy atom. The molecule has 4 rings (SSSR count). The highest BCUT2D eigenvalue weighted by molar-refractivity contribution is 7.92. The normalized spacial score (nSPS) is 16.4. The van der Waals surface area contributed by atoms with Gasteiger partial charge in [0.2, 0.25) is 0 Å². The van der Waals surface area contributed by atoms with Gasteiger partial charge in [0.1, 0.15) is 31.3 Å². The molecule has 3 aromatic carbocycles. The number of ether oxygens (including phenoxy) is 1. The number of likely N-dealkylation sites (N-methyl/N-ethyl adjacent to an activating group) is 2. The van der Waals surface area contributed by atoms with Crippen LogP contribution in [0.25, 0.3) is 0 Å². The number of rotatable bonds is 8. The summed E-state index contributed by atoms with van der Waals surface area (Å²) in [5, 5.41) is 0.336. The monoisotopic (exact) mass is 592 g/mol. The van der Waals surface area contributed by atoms with Gasteiger partial charge in [-0.2, -0.15) is 4.79 Å². The Morgan fingerprint density at radius 2 is 1.73 bits per heavy atom. The molecular weight excluding hydrogens is 560 g/mol. The van der Waals surface area contributed by atoms with E-state index in [0.29, 0.717) is 30.1 Å². The van der Waals surface area contributed by atoms with Crippen molar-refractivity contribution in [3.8, 4) is 0 Å². The number of hydrogen-bond acceptors (Lipinski definition) is 5. The van der Waals surface area contributed by atoms with Crippen molar-refractivity contribution in [1.29, 1.82) is 0 Å². The van der Waals surface area contributed by atoms with Crippen molar-refractivity contribution in [3.63, 3.8) is 0 Å². The summed E-state index contributed by atoms with van der Waals surface area (Å²) in [6.07, 6.45) is -0.000464. The van der Waals surface area contributed by atoms with E-state index in [9.17, 15) is 17.6 Å². The lowest BCUT2D eigenvalue weighted by Gasteiger charge is -2.37. The van der Waals surface area contributed by atoms with Crippen LogP contribution in [0, 0.1) is 11.6 Å². The van der Waals surface area contributed by atoms with Crippen molar-refractivity contribution in [2.24, 2.45) is 0 Å². The molecule has 40 heavy (non-hydrogen) atoms. The summed E-state index contributed by atoms with van der Waals surface area (Å²) in [6, 6.07) is 14.3. The molecule has 214 valence electrons.